The minimum atomic E-state index is -0.892. The van der Waals surface area contributed by atoms with E-state index < -0.39 is 16.9 Å². The van der Waals surface area contributed by atoms with Crippen LogP contribution >= 0.6 is 0 Å². The number of rotatable bonds is 9. The Kier molecular flexibility index (Phi) is 6.23. The summed E-state index contributed by atoms with van der Waals surface area (Å²) >= 11 is 0. The number of fused-ring (bicyclic) bond motifs is 1. The van der Waals surface area contributed by atoms with Crippen LogP contribution in [-0.2, 0) is 4.84 Å². The van der Waals surface area contributed by atoms with Crippen LogP contribution in [0.2, 0.25) is 0 Å². The summed E-state index contributed by atoms with van der Waals surface area (Å²) in [6, 6.07) is 4.99. The average molecular weight is 377 g/mol. The molecule has 2 heterocycles. The lowest BCUT2D eigenvalue weighted by Gasteiger charge is -2.26. The van der Waals surface area contributed by atoms with Gasteiger partial charge in [0.15, 0.2) is 0 Å². The number of imide groups is 1. The van der Waals surface area contributed by atoms with Crippen LogP contribution in [0.3, 0.4) is 0 Å². The normalized spacial score (nSPS) is 17.1. The number of likely N-dealkylation sites (tertiary alicyclic amines) is 1. The van der Waals surface area contributed by atoms with Gasteiger partial charge in [-0.2, -0.15) is 0 Å². The molecule has 9 heteroatoms. The summed E-state index contributed by atoms with van der Waals surface area (Å²) in [5.41, 5.74) is 0.585. The summed E-state index contributed by atoms with van der Waals surface area (Å²) in [6.45, 7) is 3.26. The highest BCUT2D eigenvalue weighted by Gasteiger charge is 2.37. The van der Waals surface area contributed by atoms with Crippen LogP contribution in [0.5, 0.6) is 5.75 Å². The first-order chi connectivity index (χ1) is 13.1. The molecule has 1 fully saturated rings. The fraction of sp³-hybridized carbons (Fsp3) is 0.556. The van der Waals surface area contributed by atoms with Gasteiger partial charge in [0.2, 0.25) is 0 Å². The van der Waals surface area contributed by atoms with E-state index in [0.29, 0.717) is 17.9 Å². The molecule has 146 valence electrons. The second-order valence-electron chi connectivity index (χ2n) is 6.60. The lowest BCUT2D eigenvalue weighted by molar-refractivity contribution is -0.757. The van der Waals surface area contributed by atoms with Gasteiger partial charge in [-0.25, -0.2) is 0 Å². The molecule has 9 nitrogen and oxygen atoms in total. The van der Waals surface area contributed by atoms with Crippen LogP contribution in [0.1, 0.15) is 46.4 Å². The van der Waals surface area contributed by atoms with E-state index in [1.165, 1.54) is 19.3 Å². The van der Waals surface area contributed by atoms with Crippen molar-refractivity contribution in [1.29, 1.82) is 0 Å². The van der Waals surface area contributed by atoms with Gasteiger partial charge in [-0.1, -0.05) is 12.5 Å². The maximum Gasteiger partial charge on any atom is 0.294 e. The van der Waals surface area contributed by atoms with Gasteiger partial charge in [0.25, 0.3) is 16.9 Å². The first-order valence-electron chi connectivity index (χ1n) is 9.19. The molecular formula is C18H23N3O6. The molecule has 27 heavy (non-hydrogen) atoms. The van der Waals surface area contributed by atoms with Crippen molar-refractivity contribution in [2.24, 2.45) is 0 Å². The number of piperidine rings is 1. The Bertz CT molecular complexity index is 717. The predicted octanol–water partition coefficient (Wildman–Crippen LogP) is 1.75. The monoisotopic (exact) mass is 377 g/mol. The summed E-state index contributed by atoms with van der Waals surface area (Å²) in [5, 5.41) is 9.29. The molecule has 0 radical (unpaired) electrons. The van der Waals surface area contributed by atoms with Crippen molar-refractivity contribution in [3.05, 3.63) is 39.4 Å². The van der Waals surface area contributed by atoms with E-state index in [-0.39, 0.29) is 25.1 Å². The second-order valence-corrected chi connectivity index (χ2v) is 6.60. The SMILES string of the molecule is O=C1c2cccc(OCCN3CCCCC3)c2C(=O)N1CCCO[N+](=O)[O-]. The molecule has 0 spiro atoms. The highest BCUT2D eigenvalue weighted by Crippen LogP contribution is 2.31. The number of nitrogens with zero attached hydrogens (tertiary/aromatic N) is 3. The summed E-state index contributed by atoms with van der Waals surface area (Å²) in [4.78, 5) is 43.0. The zero-order chi connectivity index (χ0) is 19.2. The van der Waals surface area contributed by atoms with Crippen molar-refractivity contribution >= 4 is 11.8 Å². The summed E-state index contributed by atoms with van der Waals surface area (Å²) in [6.07, 6.45) is 3.85. The zero-order valence-electron chi connectivity index (χ0n) is 15.1. The largest absolute Gasteiger partial charge is 0.491 e. The van der Waals surface area contributed by atoms with E-state index in [2.05, 4.69) is 9.74 Å². The van der Waals surface area contributed by atoms with Crippen LogP contribution in [0, 0.1) is 10.1 Å². The molecule has 0 aliphatic carbocycles. The first kappa shape index (κ1) is 19.1. The Labute approximate surface area is 156 Å². The smallest absolute Gasteiger partial charge is 0.294 e. The summed E-state index contributed by atoms with van der Waals surface area (Å²) < 4.78 is 5.82. The van der Waals surface area contributed by atoms with Gasteiger partial charge in [0.05, 0.1) is 17.7 Å². The van der Waals surface area contributed by atoms with Crippen molar-refractivity contribution in [1.82, 2.24) is 9.80 Å². The van der Waals surface area contributed by atoms with Gasteiger partial charge in [0.1, 0.15) is 12.4 Å². The Hall–Kier alpha value is -2.68. The van der Waals surface area contributed by atoms with Crippen LogP contribution in [0.4, 0.5) is 0 Å². The van der Waals surface area contributed by atoms with Gasteiger partial charge < -0.3 is 9.57 Å². The third-order valence-corrected chi connectivity index (χ3v) is 4.80. The van der Waals surface area contributed by atoms with Gasteiger partial charge in [-0.3, -0.25) is 19.4 Å². The topological polar surface area (TPSA) is 102 Å². The van der Waals surface area contributed by atoms with Crippen molar-refractivity contribution in [2.45, 2.75) is 25.7 Å². The van der Waals surface area contributed by atoms with Crippen molar-refractivity contribution in [2.75, 3.05) is 39.4 Å². The Morgan fingerprint density at radius 3 is 2.56 bits per heavy atom. The standard InChI is InChI=1S/C18H23N3O6/c22-17-14-6-4-7-15(26-13-11-19-8-2-1-3-9-19)16(14)18(23)20(17)10-5-12-27-21(24)25/h4,6-7H,1-3,5,8-13H2. The minimum absolute atomic E-state index is 0.0629. The lowest BCUT2D eigenvalue weighted by atomic mass is 10.1. The predicted molar refractivity (Wildman–Crippen MR) is 95.2 cm³/mol. The third-order valence-electron chi connectivity index (χ3n) is 4.80. The number of carbonyl (C=O) groups is 2. The van der Waals surface area contributed by atoms with Gasteiger partial charge in [-0.05, 0) is 44.5 Å². The van der Waals surface area contributed by atoms with Crippen LogP contribution in [-0.4, -0.2) is 66.1 Å². The molecule has 2 aliphatic heterocycles. The Morgan fingerprint density at radius 1 is 1.04 bits per heavy atom. The molecular weight excluding hydrogens is 354 g/mol. The van der Waals surface area contributed by atoms with Crippen LogP contribution in [0.25, 0.3) is 0 Å². The second kappa shape index (κ2) is 8.81. The van der Waals surface area contributed by atoms with E-state index in [1.807, 2.05) is 0 Å². The molecule has 0 atom stereocenters. The fourth-order valence-corrected chi connectivity index (χ4v) is 3.46. The van der Waals surface area contributed by atoms with E-state index >= 15 is 0 Å². The number of amides is 2. The molecule has 0 saturated carbocycles. The van der Waals surface area contributed by atoms with E-state index in [1.54, 1.807) is 18.2 Å². The number of benzene rings is 1. The molecule has 2 amide bonds. The van der Waals surface area contributed by atoms with Crippen molar-refractivity contribution in [3.63, 3.8) is 0 Å². The third kappa shape index (κ3) is 4.54. The number of ether oxygens (including phenoxy) is 1. The molecule has 3 rings (SSSR count). The molecule has 1 saturated heterocycles. The highest BCUT2D eigenvalue weighted by atomic mass is 16.9. The molecule has 0 N–H and O–H groups in total. The van der Waals surface area contributed by atoms with E-state index in [9.17, 15) is 19.7 Å². The molecule has 1 aromatic rings. The van der Waals surface area contributed by atoms with Crippen molar-refractivity contribution in [3.8, 4) is 5.75 Å². The Morgan fingerprint density at radius 2 is 1.81 bits per heavy atom. The molecule has 2 aliphatic rings. The maximum absolute atomic E-state index is 12.7. The van der Waals surface area contributed by atoms with Gasteiger partial charge >= 0.3 is 0 Å². The van der Waals surface area contributed by atoms with E-state index in [0.717, 1.165) is 24.5 Å². The first-order valence-corrected chi connectivity index (χ1v) is 9.19. The van der Waals surface area contributed by atoms with Gasteiger partial charge in [-0.15, -0.1) is 10.1 Å². The number of hydrogen-bond donors (Lipinski definition) is 0. The average Bonchev–Trinajstić information content (AvgIpc) is 2.91. The number of carbonyl (C=O) groups excluding carboxylic acids is 2. The quantitative estimate of drug-likeness (QED) is 0.279. The zero-order valence-corrected chi connectivity index (χ0v) is 15.1. The summed E-state index contributed by atoms with van der Waals surface area (Å²) in [7, 11) is 0. The molecule has 0 bridgehead atoms. The van der Waals surface area contributed by atoms with Crippen molar-refractivity contribution < 1.29 is 24.3 Å². The van der Waals surface area contributed by atoms with Crippen LogP contribution in [0.15, 0.2) is 18.2 Å². The van der Waals surface area contributed by atoms with Gasteiger partial charge in [0, 0.05) is 13.1 Å². The lowest BCUT2D eigenvalue weighted by Crippen LogP contribution is -2.33. The maximum atomic E-state index is 12.7. The van der Waals surface area contributed by atoms with Crippen LogP contribution < -0.4 is 4.74 Å². The highest BCUT2D eigenvalue weighted by molar-refractivity contribution is 6.22. The Balaban J connectivity index is 1.59. The minimum Gasteiger partial charge on any atom is -0.491 e. The fourth-order valence-electron chi connectivity index (χ4n) is 3.46. The summed E-state index contributed by atoms with van der Waals surface area (Å²) in [5.74, 6) is -0.422. The molecule has 1 aromatic carbocycles. The molecule has 0 unspecified atom stereocenters. The molecule has 0 aromatic heterocycles. The van der Waals surface area contributed by atoms with E-state index in [4.69, 9.17) is 4.74 Å². The number of hydrogen-bond acceptors (Lipinski definition) is 7.